The number of methoxy groups -OCH3 is 2. The summed E-state index contributed by atoms with van der Waals surface area (Å²) in [6.45, 7) is 4.56. The maximum absolute atomic E-state index is 6.03. The second kappa shape index (κ2) is 9.56. The number of benzene rings is 2. The van der Waals surface area contributed by atoms with Crippen molar-refractivity contribution in [2.75, 3.05) is 26.1 Å². The van der Waals surface area contributed by atoms with Crippen LogP contribution < -0.4 is 25.3 Å². The quantitative estimate of drug-likeness (QED) is 0.557. The number of rotatable bonds is 8. The molecule has 0 spiro atoms. The normalized spacial score (nSPS) is 12.4. The molecule has 140 valence electrons. The zero-order chi connectivity index (χ0) is 18.9. The minimum atomic E-state index is -0.0400. The molecular formula is C20H27N3O3. The summed E-state index contributed by atoms with van der Waals surface area (Å²) in [5, 5.41) is 3.06. The molecule has 0 radical (unpaired) electrons. The Bertz CT molecular complexity index is 747. The number of nitrogens with one attached hydrogen (secondary N) is 1. The van der Waals surface area contributed by atoms with E-state index >= 15 is 0 Å². The van der Waals surface area contributed by atoms with Crippen LogP contribution in [0.1, 0.15) is 18.9 Å². The summed E-state index contributed by atoms with van der Waals surface area (Å²) in [6, 6.07) is 13.4. The maximum Gasteiger partial charge on any atom is 0.193 e. The number of ether oxygens (including phenoxy) is 3. The first-order valence-electron chi connectivity index (χ1n) is 8.58. The lowest BCUT2D eigenvalue weighted by atomic mass is 10.2. The molecule has 0 amide bonds. The monoisotopic (exact) mass is 357 g/mol. The van der Waals surface area contributed by atoms with Crippen molar-refractivity contribution in [3.05, 3.63) is 48.0 Å². The molecule has 0 heterocycles. The van der Waals surface area contributed by atoms with Gasteiger partial charge < -0.3 is 25.3 Å². The second-order valence-electron chi connectivity index (χ2n) is 5.83. The van der Waals surface area contributed by atoms with Gasteiger partial charge in [-0.05, 0) is 37.1 Å². The van der Waals surface area contributed by atoms with E-state index in [1.807, 2.05) is 49.4 Å². The molecule has 3 N–H and O–H groups in total. The van der Waals surface area contributed by atoms with Gasteiger partial charge in [-0.1, -0.05) is 25.1 Å². The highest BCUT2D eigenvalue weighted by molar-refractivity contribution is 5.92. The van der Waals surface area contributed by atoms with Crippen molar-refractivity contribution < 1.29 is 14.2 Å². The summed E-state index contributed by atoms with van der Waals surface area (Å²) in [5.41, 5.74) is 7.88. The van der Waals surface area contributed by atoms with Crippen LogP contribution in [0.25, 0.3) is 0 Å². The van der Waals surface area contributed by atoms with Crippen LogP contribution in [0.4, 0.5) is 5.69 Å². The Morgan fingerprint density at radius 2 is 1.81 bits per heavy atom. The SMILES string of the molecule is CCC(CN=C(N)Nc1ccc(OC)c(OC)c1)Oc1ccccc1C. The number of aryl methyl sites for hydroxylation is 1. The van der Waals surface area contributed by atoms with Gasteiger partial charge in [0.15, 0.2) is 17.5 Å². The van der Waals surface area contributed by atoms with Crippen LogP contribution in [-0.4, -0.2) is 32.8 Å². The van der Waals surface area contributed by atoms with Crippen LogP contribution >= 0.6 is 0 Å². The van der Waals surface area contributed by atoms with Gasteiger partial charge in [0.05, 0.1) is 20.8 Å². The fraction of sp³-hybridized carbons (Fsp3) is 0.350. The molecular weight excluding hydrogens is 330 g/mol. The number of hydrogen-bond acceptors (Lipinski definition) is 4. The topological polar surface area (TPSA) is 78.1 Å². The van der Waals surface area contributed by atoms with E-state index in [2.05, 4.69) is 17.2 Å². The van der Waals surface area contributed by atoms with Gasteiger partial charge in [-0.15, -0.1) is 0 Å². The standard InChI is InChI=1S/C20H27N3O3/c1-5-16(26-17-9-7-6-8-14(17)2)13-22-20(21)23-15-10-11-18(24-3)19(12-15)25-4/h6-12,16H,5,13H2,1-4H3,(H3,21,22,23). The first-order chi connectivity index (χ1) is 12.6. The molecule has 0 aliphatic heterocycles. The largest absolute Gasteiger partial charge is 0.493 e. The zero-order valence-electron chi connectivity index (χ0n) is 15.8. The molecule has 26 heavy (non-hydrogen) atoms. The highest BCUT2D eigenvalue weighted by Gasteiger charge is 2.10. The summed E-state index contributed by atoms with van der Waals surface area (Å²) in [4.78, 5) is 4.40. The number of para-hydroxylation sites is 1. The summed E-state index contributed by atoms with van der Waals surface area (Å²) in [7, 11) is 3.19. The third-order valence-electron chi connectivity index (χ3n) is 3.96. The number of hydrogen-bond donors (Lipinski definition) is 2. The molecule has 2 rings (SSSR count). The van der Waals surface area contributed by atoms with Gasteiger partial charge >= 0.3 is 0 Å². The van der Waals surface area contributed by atoms with Crippen molar-refractivity contribution in [1.82, 2.24) is 0 Å². The van der Waals surface area contributed by atoms with Gasteiger partial charge in [-0.25, -0.2) is 4.99 Å². The Morgan fingerprint density at radius 3 is 2.46 bits per heavy atom. The van der Waals surface area contributed by atoms with Crippen molar-refractivity contribution in [3.8, 4) is 17.2 Å². The predicted octanol–water partition coefficient (Wildman–Crippen LogP) is 3.60. The van der Waals surface area contributed by atoms with Gasteiger partial charge in [0, 0.05) is 11.8 Å². The highest BCUT2D eigenvalue weighted by atomic mass is 16.5. The van der Waals surface area contributed by atoms with Crippen LogP contribution in [0.2, 0.25) is 0 Å². The summed E-state index contributed by atoms with van der Waals surface area (Å²) < 4.78 is 16.5. The van der Waals surface area contributed by atoms with Gasteiger partial charge in [0.25, 0.3) is 0 Å². The molecule has 0 bridgehead atoms. The Hall–Kier alpha value is -2.89. The highest BCUT2D eigenvalue weighted by Crippen LogP contribution is 2.29. The van der Waals surface area contributed by atoms with Gasteiger partial charge in [-0.2, -0.15) is 0 Å². The van der Waals surface area contributed by atoms with Crippen molar-refractivity contribution in [2.24, 2.45) is 10.7 Å². The third-order valence-corrected chi connectivity index (χ3v) is 3.96. The van der Waals surface area contributed by atoms with E-state index in [4.69, 9.17) is 19.9 Å². The minimum absolute atomic E-state index is 0.0400. The van der Waals surface area contributed by atoms with Crippen LogP contribution in [0, 0.1) is 6.92 Å². The number of aliphatic imine (C=N–C) groups is 1. The molecule has 1 atom stereocenters. The Morgan fingerprint density at radius 1 is 1.08 bits per heavy atom. The van der Waals surface area contributed by atoms with Gasteiger partial charge in [-0.3, -0.25) is 0 Å². The Kier molecular flexibility index (Phi) is 7.14. The van der Waals surface area contributed by atoms with Crippen LogP contribution in [-0.2, 0) is 0 Å². The van der Waals surface area contributed by atoms with E-state index in [0.29, 0.717) is 24.0 Å². The van der Waals surface area contributed by atoms with E-state index in [-0.39, 0.29) is 6.10 Å². The van der Waals surface area contributed by atoms with E-state index < -0.39 is 0 Å². The lowest BCUT2D eigenvalue weighted by Crippen LogP contribution is -2.26. The van der Waals surface area contributed by atoms with E-state index in [1.54, 1.807) is 14.2 Å². The van der Waals surface area contributed by atoms with E-state index in [1.165, 1.54) is 0 Å². The lowest BCUT2D eigenvalue weighted by molar-refractivity contribution is 0.204. The molecule has 0 fully saturated rings. The van der Waals surface area contributed by atoms with Gasteiger partial charge in [0.1, 0.15) is 11.9 Å². The average Bonchev–Trinajstić information content (AvgIpc) is 2.66. The molecule has 0 saturated carbocycles. The maximum atomic E-state index is 6.03. The Balaban J connectivity index is 1.99. The molecule has 0 aliphatic carbocycles. The Labute approximate surface area is 155 Å². The van der Waals surface area contributed by atoms with E-state index in [0.717, 1.165) is 23.4 Å². The predicted molar refractivity (Wildman–Crippen MR) is 106 cm³/mol. The fourth-order valence-electron chi connectivity index (χ4n) is 2.42. The summed E-state index contributed by atoms with van der Waals surface area (Å²) in [5.74, 6) is 2.48. The summed E-state index contributed by atoms with van der Waals surface area (Å²) in [6.07, 6.45) is 0.795. The first-order valence-corrected chi connectivity index (χ1v) is 8.58. The lowest BCUT2D eigenvalue weighted by Gasteiger charge is -2.17. The molecule has 0 saturated heterocycles. The third kappa shape index (κ3) is 5.31. The van der Waals surface area contributed by atoms with Crippen LogP contribution in [0.15, 0.2) is 47.5 Å². The van der Waals surface area contributed by atoms with Crippen LogP contribution in [0.5, 0.6) is 17.2 Å². The minimum Gasteiger partial charge on any atom is -0.493 e. The van der Waals surface area contributed by atoms with Crippen molar-refractivity contribution >= 4 is 11.6 Å². The molecule has 2 aromatic rings. The molecule has 6 heteroatoms. The number of nitrogens with two attached hydrogens (primary N) is 1. The van der Waals surface area contributed by atoms with Crippen molar-refractivity contribution in [3.63, 3.8) is 0 Å². The number of nitrogens with zero attached hydrogens (tertiary/aromatic N) is 1. The smallest absolute Gasteiger partial charge is 0.193 e. The molecule has 2 aromatic carbocycles. The van der Waals surface area contributed by atoms with Gasteiger partial charge in [0.2, 0.25) is 0 Å². The summed E-state index contributed by atoms with van der Waals surface area (Å²) >= 11 is 0. The zero-order valence-corrected chi connectivity index (χ0v) is 15.8. The number of guanidine groups is 1. The fourth-order valence-corrected chi connectivity index (χ4v) is 2.42. The first kappa shape index (κ1) is 19.4. The van der Waals surface area contributed by atoms with E-state index in [9.17, 15) is 0 Å². The number of anilines is 1. The van der Waals surface area contributed by atoms with Crippen molar-refractivity contribution in [2.45, 2.75) is 26.4 Å². The van der Waals surface area contributed by atoms with Crippen LogP contribution in [0.3, 0.4) is 0 Å². The molecule has 0 aliphatic rings. The second-order valence-corrected chi connectivity index (χ2v) is 5.83. The molecule has 1 unspecified atom stereocenters. The molecule has 6 nitrogen and oxygen atoms in total. The molecule has 0 aromatic heterocycles. The average molecular weight is 357 g/mol. The van der Waals surface area contributed by atoms with Crippen molar-refractivity contribution in [1.29, 1.82) is 0 Å².